The van der Waals surface area contributed by atoms with E-state index >= 15 is 0 Å². The van der Waals surface area contributed by atoms with Gasteiger partial charge in [0.1, 0.15) is 0 Å². The molecule has 2 rings (SSSR count). The summed E-state index contributed by atoms with van der Waals surface area (Å²) in [7, 11) is 0. The van der Waals surface area contributed by atoms with Crippen LogP contribution in [0.25, 0.3) is 6.08 Å². The number of ether oxygens (including phenoxy) is 3. The first-order valence-corrected chi connectivity index (χ1v) is 8.89. The van der Waals surface area contributed by atoms with Crippen molar-refractivity contribution in [2.75, 3.05) is 19.8 Å². The second kappa shape index (κ2) is 10.2. The average Bonchev–Trinajstić information content (AvgIpc) is 3.01. The van der Waals surface area contributed by atoms with Gasteiger partial charge in [0.2, 0.25) is 0 Å². The first-order valence-electron chi connectivity index (χ1n) is 8.89. The molecule has 0 fully saturated rings. The molecule has 0 atom stereocenters. The van der Waals surface area contributed by atoms with E-state index < -0.39 is 11.9 Å². The summed E-state index contributed by atoms with van der Waals surface area (Å²) < 4.78 is 17.0. The molecule has 0 amide bonds. The van der Waals surface area contributed by atoms with E-state index in [1.54, 1.807) is 13.8 Å². The Morgan fingerprint density at radius 3 is 2.30 bits per heavy atom. The third kappa shape index (κ3) is 5.20. The topological polar surface area (TPSA) is 79.7 Å². The summed E-state index contributed by atoms with van der Waals surface area (Å²) in [6, 6.07) is 9.52. The number of esters is 2. The maximum Gasteiger partial charge on any atom is 0.359 e. The fraction of sp³-hybridized carbons (Fsp3) is 0.350. The van der Waals surface area contributed by atoms with Crippen LogP contribution in [0.15, 0.2) is 36.6 Å². The van der Waals surface area contributed by atoms with E-state index in [1.807, 2.05) is 37.3 Å². The Morgan fingerprint density at radius 2 is 1.67 bits per heavy atom. The van der Waals surface area contributed by atoms with Crippen molar-refractivity contribution in [1.29, 1.82) is 0 Å². The molecule has 0 N–H and O–H groups in total. The quantitative estimate of drug-likeness (QED) is 0.496. The van der Waals surface area contributed by atoms with Gasteiger partial charge < -0.3 is 14.2 Å². The van der Waals surface area contributed by atoms with E-state index in [0.717, 1.165) is 5.56 Å². The van der Waals surface area contributed by atoms with E-state index in [4.69, 9.17) is 14.2 Å². The van der Waals surface area contributed by atoms with Crippen LogP contribution in [0, 0.1) is 0 Å². The monoisotopic (exact) mass is 372 g/mol. The predicted molar refractivity (Wildman–Crippen MR) is 100 cm³/mol. The summed E-state index contributed by atoms with van der Waals surface area (Å²) in [6.07, 6.45) is 2.96. The van der Waals surface area contributed by atoms with E-state index in [1.165, 1.54) is 17.0 Å². The smallest absolute Gasteiger partial charge is 0.359 e. The predicted octanol–water partition coefficient (Wildman–Crippen LogP) is 3.29. The van der Waals surface area contributed by atoms with Crippen molar-refractivity contribution in [2.24, 2.45) is 0 Å². The van der Waals surface area contributed by atoms with Gasteiger partial charge in [-0.3, -0.25) is 4.68 Å². The molecule has 27 heavy (non-hydrogen) atoms. The molecule has 7 heteroatoms. The number of hydrogen-bond donors (Lipinski definition) is 0. The lowest BCUT2D eigenvalue weighted by Gasteiger charge is -2.08. The summed E-state index contributed by atoms with van der Waals surface area (Å²) in [5.41, 5.74) is 1.48. The van der Waals surface area contributed by atoms with Gasteiger partial charge in [0.05, 0.1) is 32.6 Å². The summed E-state index contributed by atoms with van der Waals surface area (Å²) in [5, 5.41) is 4.34. The Balaban J connectivity index is 2.56. The van der Waals surface area contributed by atoms with Crippen LogP contribution in [0.1, 0.15) is 52.9 Å². The molecule has 144 valence electrons. The standard InChI is InChI=1S/C20H24N2O5/c1-4-25-13-12-16-17(19(23)26-5-2)21-22(18(16)20(24)27-6-3)14-15-10-8-7-9-11-15/h7-13H,4-6,14H2,1-3H3/b13-12+. The van der Waals surface area contributed by atoms with E-state index in [2.05, 4.69) is 5.10 Å². The molecule has 0 saturated carbocycles. The van der Waals surface area contributed by atoms with Crippen molar-refractivity contribution >= 4 is 18.0 Å². The van der Waals surface area contributed by atoms with Gasteiger partial charge in [0.25, 0.3) is 0 Å². The zero-order valence-electron chi connectivity index (χ0n) is 15.8. The van der Waals surface area contributed by atoms with Crippen LogP contribution in [0.4, 0.5) is 0 Å². The second-order valence-electron chi connectivity index (χ2n) is 5.45. The van der Waals surface area contributed by atoms with Crippen molar-refractivity contribution in [2.45, 2.75) is 27.3 Å². The van der Waals surface area contributed by atoms with Crippen LogP contribution in [-0.2, 0) is 20.8 Å². The van der Waals surface area contributed by atoms with Gasteiger partial charge in [0, 0.05) is 5.56 Å². The van der Waals surface area contributed by atoms with Gasteiger partial charge >= 0.3 is 11.9 Å². The number of carbonyl (C=O) groups is 2. The van der Waals surface area contributed by atoms with Crippen LogP contribution in [-0.4, -0.2) is 41.5 Å². The number of nitrogens with zero attached hydrogens (tertiary/aromatic N) is 2. The Hall–Kier alpha value is -3.09. The Labute approximate surface area is 158 Å². The normalized spacial score (nSPS) is 10.8. The Kier molecular flexibility index (Phi) is 7.61. The van der Waals surface area contributed by atoms with Crippen molar-refractivity contribution < 1.29 is 23.8 Å². The van der Waals surface area contributed by atoms with Gasteiger partial charge in [-0.2, -0.15) is 5.10 Å². The number of hydrogen-bond acceptors (Lipinski definition) is 6. The van der Waals surface area contributed by atoms with Gasteiger partial charge in [-0.1, -0.05) is 30.3 Å². The van der Waals surface area contributed by atoms with Crippen LogP contribution in [0.3, 0.4) is 0 Å². The molecule has 0 aliphatic rings. The molecule has 1 aromatic heterocycles. The minimum absolute atomic E-state index is 0.0480. The molecule has 0 saturated heterocycles. The molecule has 0 spiro atoms. The molecule has 0 aliphatic carbocycles. The minimum atomic E-state index is -0.606. The number of rotatable bonds is 9. The van der Waals surface area contributed by atoms with Crippen LogP contribution < -0.4 is 0 Å². The summed E-state index contributed by atoms with van der Waals surface area (Å²) in [5.74, 6) is -1.17. The van der Waals surface area contributed by atoms with Gasteiger partial charge in [-0.05, 0) is 32.4 Å². The van der Waals surface area contributed by atoms with Crippen molar-refractivity contribution in [3.63, 3.8) is 0 Å². The van der Waals surface area contributed by atoms with Crippen LogP contribution in [0.5, 0.6) is 0 Å². The molecule has 1 heterocycles. The molecule has 0 bridgehead atoms. The minimum Gasteiger partial charge on any atom is -0.501 e. The molecule has 2 aromatic rings. The summed E-state index contributed by atoms with van der Waals surface area (Å²) in [6.45, 7) is 6.44. The molecule has 0 unspecified atom stereocenters. The maximum absolute atomic E-state index is 12.6. The summed E-state index contributed by atoms with van der Waals surface area (Å²) in [4.78, 5) is 25.0. The first kappa shape index (κ1) is 20.2. The summed E-state index contributed by atoms with van der Waals surface area (Å²) >= 11 is 0. The highest BCUT2D eigenvalue weighted by molar-refractivity contribution is 5.99. The van der Waals surface area contributed by atoms with E-state index in [0.29, 0.717) is 18.7 Å². The SMILES string of the molecule is CCO/C=C/c1c(C(=O)OCC)nn(Cc2ccccc2)c1C(=O)OCC. The van der Waals surface area contributed by atoms with Crippen molar-refractivity contribution in [3.8, 4) is 0 Å². The number of carbonyl (C=O) groups excluding carboxylic acids is 2. The highest BCUT2D eigenvalue weighted by Crippen LogP contribution is 2.21. The lowest BCUT2D eigenvalue weighted by atomic mass is 10.1. The van der Waals surface area contributed by atoms with Crippen molar-refractivity contribution in [1.82, 2.24) is 9.78 Å². The number of aromatic nitrogens is 2. The maximum atomic E-state index is 12.6. The van der Waals surface area contributed by atoms with Gasteiger partial charge in [0.15, 0.2) is 11.4 Å². The highest BCUT2D eigenvalue weighted by atomic mass is 16.5. The fourth-order valence-corrected chi connectivity index (χ4v) is 2.48. The molecule has 0 radical (unpaired) electrons. The molecule has 1 aromatic carbocycles. The molecular weight excluding hydrogens is 348 g/mol. The second-order valence-corrected chi connectivity index (χ2v) is 5.45. The first-order chi connectivity index (χ1) is 13.1. The molecular formula is C20H24N2O5. The van der Waals surface area contributed by atoms with Gasteiger partial charge in [-0.15, -0.1) is 0 Å². The van der Waals surface area contributed by atoms with Gasteiger partial charge in [-0.25, -0.2) is 9.59 Å². The average molecular weight is 372 g/mol. The third-order valence-electron chi connectivity index (χ3n) is 3.60. The zero-order chi connectivity index (χ0) is 19.6. The van der Waals surface area contributed by atoms with E-state index in [9.17, 15) is 9.59 Å². The van der Waals surface area contributed by atoms with Crippen LogP contribution in [0.2, 0.25) is 0 Å². The molecule has 0 aliphatic heterocycles. The Bertz CT molecular complexity index is 796. The third-order valence-corrected chi connectivity index (χ3v) is 3.60. The van der Waals surface area contributed by atoms with E-state index in [-0.39, 0.29) is 24.6 Å². The Morgan fingerprint density at radius 1 is 1.00 bits per heavy atom. The fourth-order valence-electron chi connectivity index (χ4n) is 2.48. The number of benzene rings is 1. The highest BCUT2D eigenvalue weighted by Gasteiger charge is 2.27. The molecule has 7 nitrogen and oxygen atoms in total. The lowest BCUT2D eigenvalue weighted by Crippen LogP contribution is -2.15. The van der Waals surface area contributed by atoms with Crippen molar-refractivity contribution in [3.05, 3.63) is 59.1 Å². The zero-order valence-corrected chi connectivity index (χ0v) is 15.8. The largest absolute Gasteiger partial charge is 0.501 e. The van der Waals surface area contributed by atoms with Crippen LogP contribution >= 0.6 is 0 Å². The lowest BCUT2D eigenvalue weighted by molar-refractivity contribution is 0.0506.